The molecule has 39 heavy (non-hydrogen) atoms. The van der Waals surface area contributed by atoms with Crippen molar-refractivity contribution in [3.8, 4) is 28.8 Å². The Balaban J connectivity index is 1.47. The molecule has 1 aromatic heterocycles. The Hall–Kier alpha value is -4.17. The smallest absolute Gasteiger partial charge is 0.270 e. The zero-order chi connectivity index (χ0) is 27.6. The number of amides is 1. The van der Waals surface area contributed by atoms with E-state index in [9.17, 15) is 14.9 Å². The average molecular weight is 593 g/mol. The van der Waals surface area contributed by atoms with Gasteiger partial charge in [-0.25, -0.2) is 10.4 Å². The number of aromatic nitrogens is 2. The minimum absolute atomic E-state index is 0.0807. The van der Waals surface area contributed by atoms with Crippen molar-refractivity contribution >= 4 is 34.0 Å². The van der Waals surface area contributed by atoms with Crippen LogP contribution in [0.2, 0.25) is 0 Å². The van der Waals surface area contributed by atoms with Gasteiger partial charge >= 0.3 is 0 Å². The largest absolute Gasteiger partial charge is 0.490 e. The summed E-state index contributed by atoms with van der Waals surface area (Å²) in [4.78, 5) is 31.7. The van der Waals surface area contributed by atoms with Crippen LogP contribution in [0.25, 0.3) is 11.3 Å². The number of aromatic amines is 1. The van der Waals surface area contributed by atoms with Gasteiger partial charge in [0, 0.05) is 21.6 Å². The fourth-order valence-corrected chi connectivity index (χ4v) is 4.71. The first-order chi connectivity index (χ1) is 19.0. The molecule has 10 nitrogen and oxygen atoms in total. The zero-order valence-corrected chi connectivity index (χ0v) is 23.1. The minimum atomic E-state index is -0.571. The number of anilines is 1. The lowest BCUT2D eigenvalue weighted by molar-refractivity contribution is -0.124. The van der Waals surface area contributed by atoms with Crippen LogP contribution in [0, 0.1) is 11.3 Å². The van der Waals surface area contributed by atoms with Crippen LogP contribution in [0.5, 0.6) is 11.5 Å². The molecular formula is C28H29BrN6O4. The predicted molar refractivity (Wildman–Crippen MR) is 152 cm³/mol. The molecule has 202 valence electrons. The maximum Gasteiger partial charge on any atom is 0.270 e. The summed E-state index contributed by atoms with van der Waals surface area (Å²) >= 11 is 3.51. The quantitative estimate of drug-likeness (QED) is 0.228. The minimum Gasteiger partial charge on any atom is -0.490 e. The van der Waals surface area contributed by atoms with Gasteiger partial charge in [0.1, 0.15) is 11.6 Å². The molecule has 1 saturated carbocycles. The molecule has 1 fully saturated rings. The third-order valence-corrected chi connectivity index (χ3v) is 6.83. The van der Waals surface area contributed by atoms with E-state index in [1.54, 1.807) is 36.4 Å². The number of nitriles is 1. The van der Waals surface area contributed by atoms with Crippen molar-refractivity contribution in [3.05, 3.63) is 68.4 Å². The van der Waals surface area contributed by atoms with Gasteiger partial charge in [0.05, 0.1) is 18.5 Å². The molecule has 0 bridgehead atoms. The van der Waals surface area contributed by atoms with E-state index in [0.717, 1.165) is 25.7 Å². The van der Waals surface area contributed by atoms with Crippen molar-refractivity contribution in [2.45, 2.75) is 45.1 Å². The standard InChI is InChI=1S/C28H29BrN6O4/c1-2-38-23-13-19(22(29)14-24(23)39-17-25(36)32-20-11-7-4-8-12-20)16-31-35-28-33-26(18-9-5-3-6-10-18)21(15-30)27(37)34-28/h3,5-6,9-10,13-14,16,20H,2,4,7-8,11-12,17H2,1H3,(H,32,36)(H2,33,34,35,37). The van der Waals surface area contributed by atoms with Crippen LogP contribution in [-0.4, -0.2) is 41.3 Å². The normalized spacial score (nSPS) is 13.6. The zero-order valence-electron chi connectivity index (χ0n) is 21.5. The monoisotopic (exact) mass is 592 g/mol. The third-order valence-electron chi connectivity index (χ3n) is 6.14. The van der Waals surface area contributed by atoms with Gasteiger partial charge in [0.15, 0.2) is 18.1 Å². The number of nitrogens with zero attached hydrogens (tertiary/aromatic N) is 3. The van der Waals surface area contributed by atoms with Gasteiger partial charge in [0.25, 0.3) is 11.5 Å². The molecule has 0 atom stereocenters. The van der Waals surface area contributed by atoms with Crippen LogP contribution in [0.1, 0.15) is 50.2 Å². The van der Waals surface area contributed by atoms with Crippen LogP contribution in [-0.2, 0) is 4.79 Å². The van der Waals surface area contributed by atoms with Crippen molar-refractivity contribution < 1.29 is 14.3 Å². The molecule has 2 aromatic carbocycles. The van der Waals surface area contributed by atoms with Gasteiger partial charge < -0.3 is 14.8 Å². The number of rotatable bonds is 10. The van der Waals surface area contributed by atoms with Crippen LogP contribution in [0.3, 0.4) is 0 Å². The van der Waals surface area contributed by atoms with E-state index in [-0.39, 0.29) is 35.8 Å². The van der Waals surface area contributed by atoms with Crippen molar-refractivity contribution in [1.29, 1.82) is 5.26 Å². The highest BCUT2D eigenvalue weighted by Crippen LogP contribution is 2.33. The first-order valence-electron chi connectivity index (χ1n) is 12.8. The molecular weight excluding hydrogens is 564 g/mol. The van der Waals surface area contributed by atoms with Crippen molar-refractivity contribution in [3.63, 3.8) is 0 Å². The Morgan fingerprint density at radius 2 is 1.95 bits per heavy atom. The second kappa shape index (κ2) is 13.6. The van der Waals surface area contributed by atoms with Gasteiger partial charge in [-0.3, -0.25) is 14.6 Å². The molecule has 0 aliphatic heterocycles. The summed E-state index contributed by atoms with van der Waals surface area (Å²) in [6, 6.07) is 14.5. The maximum atomic E-state index is 12.5. The number of hydrogen-bond donors (Lipinski definition) is 3. The third kappa shape index (κ3) is 7.45. The van der Waals surface area contributed by atoms with Gasteiger partial charge in [-0.1, -0.05) is 49.6 Å². The molecule has 4 rings (SSSR count). The van der Waals surface area contributed by atoms with Crippen LogP contribution < -0.4 is 25.8 Å². The molecule has 1 heterocycles. The van der Waals surface area contributed by atoms with E-state index in [1.165, 1.54) is 12.6 Å². The van der Waals surface area contributed by atoms with E-state index in [2.05, 4.69) is 41.7 Å². The summed E-state index contributed by atoms with van der Waals surface area (Å²) in [7, 11) is 0. The van der Waals surface area contributed by atoms with Gasteiger partial charge in [-0.05, 0) is 47.8 Å². The van der Waals surface area contributed by atoms with E-state index in [4.69, 9.17) is 9.47 Å². The SMILES string of the molecule is CCOc1cc(C=NNc2nc(-c3ccccc3)c(C#N)c(=O)[nH]2)c(Br)cc1OCC(=O)NC1CCCCC1. The molecule has 0 spiro atoms. The number of hydrazone groups is 1. The van der Waals surface area contributed by atoms with Crippen molar-refractivity contribution in [2.75, 3.05) is 18.6 Å². The first-order valence-corrected chi connectivity index (χ1v) is 13.5. The van der Waals surface area contributed by atoms with Crippen molar-refractivity contribution in [2.24, 2.45) is 5.10 Å². The molecule has 3 aromatic rings. The van der Waals surface area contributed by atoms with E-state index >= 15 is 0 Å². The van der Waals surface area contributed by atoms with E-state index < -0.39 is 5.56 Å². The van der Waals surface area contributed by atoms with Gasteiger partial charge in [0.2, 0.25) is 5.95 Å². The summed E-state index contributed by atoms with van der Waals surface area (Å²) in [6.07, 6.45) is 7.02. The Morgan fingerprint density at radius 1 is 1.21 bits per heavy atom. The van der Waals surface area contributed by atoms with E-state index in [1.807, 2.05) is 19.1 Å². The summed E-state index contributed by atoms with van der Waals surface area (Å²) in [5.74, 6) is 0.815. The fourth-order valence-electron chi connectivity index (χ4n) is 4.29. The molecule has 1 aliphatic rings. The summed E-state index contributed by atoms with van der Waals surface area (Å²) in [5, 5.41) is 16.7. The molecule has 3 N–H and O–H groups in total. The van der Waals surface area contributed by atoms with Crippen LogP contribution in [0.15, 0.2) is 56.8 Å². The van der Waals surface area contributed by atoms with Crippen LogP contribution in [0.4, 0.5) is 5.95 Å². The summed E-state index contributed by atoms with van der Waals surface area (Å²) in [6.45, 7) is 2.15. The highest BCUT2D eigenvalue weighted by molar-refractivity contribution is 9.10. The Labute approximate surface area is 234 Å². The number of ether oxygens (including phenoxy) is 2. The Bertz CT molecular complexity index is 1430. The number of carbonyl (C=O) groups is 1. The Morgan fingerprint density at radius 3 is 2.67 bits per heavy atom. The van der Waals surface area contributed by atoms with E-state index in [0.29, 0.717) is 33.7 Å². The summed E-state index contributed by atoms with van der Waals surface area (Å²) in [5.41, 5.74) is 3.62. The van der Waals surface area contributed by atoms with Crippen molar-refractivity contribution in [1.82, 2.24) is 15.3 Å². The fraction of sp³-hybridized carbons (Fsp3) is 0.321. The molecule has 11 heteroatoms. The van der Waals surface area contributed by atoms with Gasteiger partial charge in [-0.2, -0.15) is 10.4 Å². The highest BCUT2D eigenvalue weighted by Gasteiger charge is 2.17. The lowest BCUT2D eigenvalue weighted by Gasteiger charge is -2.23. The predicted octanol–water partition coefficient (Wildman–Crippen LogP) is 4.74. The molecule has 0 unspecified atom stereocenters. The number of H-pyrrole nitrogens is 1. The lowest BCUT2D eigenvalue weighted by atomic mass is 9.95. The molecule has 1 aliphatic carbocycles. The number of benzene rings is 2. The number of carbonyl (C=O) groups excluding carboxylic acids is 1. The summed E-state index contributed by atoms with van der Waals surface area (Å²) < 4.78 is 12.2. The van der Waals surface area contributed by atoms with Crippen LogP contribution >= 0.6 is 15.9 Å². The molecule has 0 saturated heterocycles. The second-order valence-electron chi connectivity index (χ2n) is 8.93. The lowest BCUT2D eigenvalue weighted by Crippen LogP contribution is -2.39. The number of nitrogens with one attached hydrogen (secondary N) is 3. The second-order valence-corrected chi connectivity index (χ2v) is 9.78. The average Bonchev–Trinajstić information content (AvgIpc) is 2.94. The Kier molecular flexibility index (Phi) is 9.69. The topological polar surface area (TPSA) is 141 Å². The maximum absolute atomic E-state index is 12.5. The highest BCUT2D eigenvalue weighted by atomic mass is 79.9. The molecule has 1 amide bonds. The number of halogens is 1. The first kappa shape index (κ1) is 27.9. The van der Waals surface area contributed by atoms with Gasteiger partial charge in [-0.15, -0.1) is 0 Å². The number of hydrogen-bond acceptors (Lipinski definition) is 8. The molecule has 0 radical (unpaired) electrons.